The third kappa shape index (κ3) is 4.90. The number of amidine groups is 1. The fraction of sp³-hybridized carbons (Fsp3) is 0.375. The second-order valence-electron chi connectivity index (χ2n) is 5.52. The number of primary amides is 1. The Balaban J connectivity index is 2.13. The minimum atomic E-state index is -0.860. The number of carbonyl (C=O) groups excluding carboxylic acids is 1. The fourth-order valence-electron chi connectivity index (χ4n) is 2.37. The molecule has 26 heavy (non-hydrogen) atoms. The summed E-state index contributed by atoms with van der Waals surface area (Å²) >= 11 is 0. The van der Waals surface area contributed by atoms with Crippen LogP contribution in [0.4, 0.5) is 10.1 Å². The van der Waals surface area contributed by atoms with Gasteiger partial charge in [-0.15, -0.1) is 0 Å². The highest BCUT2D eigenvalue weighted by Crippen LogP contribution is 2.17. The summed E-state index contributed by atoms with van der Waals surface area (Å²) < 4.78 is 23.6. The molecule has 1 aliphatic rings. The highest BCUT2D eigenvalue weighted by Gasteiger charge is 2.25. The van der Waals surface area contributed by atoms with Crippen LogP contribution in [0.5, 0.6) is 5.88 Å². The van der Waals surface area contributed by atoms with Crippen LogP contribution in [0.3, 0.4) is 0 Å². The van der Waals surface area contributed by atoms with Gasteiger partial charge in [-0.3, -0.25) is 10.2 Å². The van der Waals surface area contributed by atoms with Gasteiger partial charge in [-0.2, -0.15) is 14.6 Å². The van der Waals surface area contributed by atoms with Crippen molar-refractivity contribution in [1.82, 2.24) is 10.3 Å². The van der Waals surface area contributed by atoms with Crippen LogP contribution in [0.15, 0.2) is 23.9 Å². The third-order valence-electron chi connectivity index (χ3n) is 3.75. The van der Waals surface area contributed by atoms with Crippen LogP contribution in [-0.4, -0.2) is 43.1 Å². The first-order chi connectivity index (χ1) is 12.4. The molecule has 0 bridgehead atoms. The lowest BCUT2D eigenvalue weighted by molar-refractivity contribution is -0.114. The predicted octanol–water partition coefficient (Wildman–Crippen LogP) is 0.506. The molecule has 1 aliphatic heterocycles. The van der Waals surface area contributed by atoms with Crippen LogP contribution in [0.2, 0.25) is 0 Å². The molecule has 0 saturated carbocycles. The summed E-state index contributed by atoms with van der Waals surface area (Å²) in [5.41, 5.74) is 5.33. The van der Waals surface area contributed by atoms with Crippen LogP contribution in [0.25, 0.3) is 0 Å². The molecule has 1 aromatic rings. The number of ether oxygens (including phenoxy) is 2. The predicted molar refractivity (Wildman–Crippen MR) is 90.8 cm³/mol. The van der Waals surface area contributed by atoms with E-state index in [1.165, 1.54) is 19.4 Å². The molecule has 0 aromatic carbocycles. The number of hydrogen-bond acceptors (Lipinski definition) is 7. The number of aromatic nitrogens is 1. The molecule has 2 unspecified atom stereocenters. The number of nitrogens with one attached hydrogen (secondary N) is 3. The Kier molecular flexibility index (Phi) is 6.46. The van der Waals surface area contributed by atoms with Gasteiger partial charge in [0, 0.05) is 30.6 Å². The van der Waals surface area contributed by atoms with Gasteiger partial charge in [0.1, 0.15) is 5.84 Å². The molecule has 0 radical (unpaired) electrons. The second kappa shape index (κ2) is 8.77. The Labute approximate surface area is 149 Å². The van der Waals surface area contributed by atoms with Crippen molar-refractivity contribution in [2.24, 2.45) is 11.7 Å². The van der Waals surface area contributed by atoms with Gasteiger partial charge >= 0.3 is 0 Å². The van der Waals surface area contributed by atoms with Gasteiger partial charge in [-0.1, -0.05) is 0 Å². The monoisotopic (exact) mass is 362 g/mol. The number of hydrogen-bond donors (Lipinski definition) is 4. The second-order valence-corrected chi connectivity index (χ2v) is 5.52. The molecule has 2 rings (SSSR count). The number of nitrogens with zero attached hydrogens (tertiary/aromatic N) is 2. The average molecular weight is 362 g/mol. The molecule has 0 aliphatic carbocycles. The molecule has 2 atom stereocenters. The first-order valence-electron chi connectivity index (χ1n) is 7.75. The van der Waals surface area contributed by atoms with Gasteiger partial charge < -0.3 is 25.8 Å². The zero-order valence-corrected chi connectivity index (χ0v) is 14.1. The highest BCUT2D eigenvalue weighted by atomic mass is 19.1. The van der Waals surface area contributed by atoms with Gasteiger partial charge in [-0.25, -0.2) is 0 Å². The Morgan fingerprint density at radius 2 is 2.38 bits per heavy atom. The van der Waals surface area contributed by atoms with Gasteiger partial charge in [0.2, 0.25) is 11.8 Å². The molecule has 10 heteroatoms. The number of anilines is 1. The molecule has 1 amide bonds. The third-order valence-corrected chi connectivity index (χ3v) is 3.75. The van der Waals surface area contributed by atoms with Crippen molar-refractivity contribution in [3.63, 3.8) is 0 Å². The number of halogens is 1. The van der Waals surface area contributed by atoms with Crippen LogP contribution in [-0.2, 0) is 9.53 Å². The van der Waals surface area contributed by atoms with Crippen molar-refractivity contribution in [3.8, 4) is 11.9 Å². The van der Waals surface area contributed by atoms with E-state index in [-0.39, 0.29) is 34.9 Å². The standard InChI is InChI=1S/C16H19FN6O3/c1-25-14-5-10(4-13(17)23-14)22-15(19)11(16(20)24)7-21-12-8-26-3-2-9(12)6-18/h4-5,7,9,12,21H,2-3,8H2,1H3,(H2,20,24)(H2,19,22,23)/b11-7+. The topological polar surface area (TPSA) is 146 Å². The van der Waals surface area contributed by atoms with Crippen LogP contribution < -0.4 is 21.1 Å². The molecular weight excluding hydrogens is 343 g/mol. The number of methoxy groups -OCH3 is 1. The molecule has 2 heterocycles. The number of pyridine rings is 1. The quantitative estimate of drug-likeness (QED) is 0.249. The summed E-state index contributed by atoms with van der Waals surface area (Å²) in [6.45, 7) is 0.796. The Morgan fingerprint density at radius 3 is 3.04 bits per heavy atom. The zero-order chi connectivity index (χ0) is 19.1. The number of amides is 1. The van der Waals surface area contributed by atoms with E-state index in [1.54, 1.807) is 0 Å². The van der Waals surface area contributed by atoms with Crippen molar-refractivity contribution >= 4 is 17.4 Å². The van der Waals surface area contributed by atoms with Crippen LogP contribution >= 0.6 is 0 Å². The molecule has 1 fully saturated rings. The summed E-state index contributed by atoms with van der Waals surface area (Å²) in [7, 11) is 1.33. The Morgan fingerprint density at radius 1 is 1.62 bits per heavy atom. The lowest BCUT2D eigenvalue weighted by atomic mass is 9.96. The van der Waals surface area contributed by atoms with Crippen LogP contribution in [0.1, 0.15) is 6.42 Å². The van der Waals surface area contributed by atoms with E-state index in [2.05, 4.69) is 21.7 Å². The van der Waals surface area contributed by atoms with E-state index >= 15 is 0 Å². The van der Waals surface area contributed by atoms with Crippen LogP contribution in [0, 0.1) is 28.6 Å². The summed E-state index contributed by atoms with van der Waals surface area (Å²) in [6.07, 6.45) is 1.83. The summed E-state index contributed by atoms with van der Waals surface area (Å²) in [5, 5.41) is 22.6. The summed E-state index contributed by atoms with van der Waals surface area (Å²) in [6, 6.07) is 4.26. The number of nitrogens with two attached hydrogens (primary N) is 1. The van der Waals surface area contributed by atoms with Crippen molar-refractivity contribution in [2.75, 3.05) is 25.6 Å². The first kappa shape index (κ1) is 19.1. The Hall–Kier alpha value is -3.19. The van der Waals surface area contributed by atoms with Gasteiger partial charge in [0.15, 0.2) is 0 Å². The normalized spacial score (nSPS) is 20.0. The largest absolute Gasteiger partial charge is 0.481 e. The number of nitriles is 1. The Bertz CT molecular complexity index is 761. The fourth-order valence-corrected chi connectivity index (χ4v) is 2.37. The smallest absolute Gasteiger partial charge is 0.253 e. The van der Waals surface area contributed by atoms with E-state index < -0.39 is 11.9 Å². The minimum Gasteiger partial charge on any atom is -0.481 e. The lowest BCUT2D eigenvalue weighted by Gasteiger charge is -2.27. The molecule has 9 nitrogen and oxygen atoms in total. The van der Waals surface area contributed by atoms with Gasteiger partial charge in [0.05, 0.1) is 37.3 Å². The molecular formula is C16H19FN6O3. The van der Waals surface area contributed by atoms with Gasteiger partial charge in [-0.05, 0) is 6.42 Å². The van der Waals surface area contributed by atoms with Crippen molar-refractivity contribution in [2.45, 2.75) is 12.5 Å². The highest BCUT2D eigenvalue weighted by molar-refractivity contribution is 6.23. The number of rotatable bonds is 6. The van der Waals surface area contributed by atoms with Crippen molar-refractivity contribution in [1.29, 1.82) is 10.7 Å². The summed E-state index contributed by atoms with van der Waals surface area (Å²) in [5.74, 6) is -2.28. The van der Waals surface area contributed by atoms with Gasteiger partial charge in [0.25, 0.3) is 5.91 Å². The van der Waals surface area contributed by atoms with Crippen molar-refractivity contribution < 1.29 is 18.7 Å². The maximum absolute atomic E-state index is 13.4. The van der Waals surface area contributed by atoms with E-state index in [9.17, 15) is 9.18 Å². The maximum atomic E-state index is 13.4. The molecule has 1 saturated heterocycles. The first-order valence-corrected chi connectivity index (χ1v) is 7.75. The van der Waals surface area contributed by atoms with E-state index in [0.717, 1.165) is 6.07 Å². The molecule has 0 spiro atoms. The number of carbonyl (C=O) groups is 1. The van der Waals surface area contributed by atoms with Crippen molar-refractivity contribution in [3.05, 3.63) is 29.9 Å². The summed E-state index contributed by atoms with van der Waals surface area (Å²) in [4.78, 5) is 15.2. The minimum absolute atomic E-state index is 0.0132. The maximum Gasteiger partial charge on any atom is 0.253 e. The molecule has 1 aromatic heterocycles. The lowest BCUT2D eigenvalue weighted by Crippen LogP contribution is -2.41. The SMILES string of the molecule is COc1cc(NC(=N)/C(=C\NC2COCCC2C#N)C(N)=O)cc(F)n1. The zero-order valence-electron chi connectivity index (χ0n) is 14.1. The van der Waals surface area contributed by atoms with E-state index in [4.69, 9.17) is 25.9 Å². The van der Waals surface area contributed by atoms with E-state index in [0.29, 0.717) is 19.6 Å². The molecule has 138 valence electrons. The average Bonchev–Trinajstić information content (AvgIpc) is 2.61. The molecule has 5 N–H and O–H groups in total. The van der Waals surface area contributed by atoms with E-state index in [1.807, 2.05) is 0 Å².